The number of rotatable bonds is 5. The normalized spacial score (nSPS) is 10.6. The maximum absolute atomic E-state index is 13.9. The Hall–Kier alpha value is -4.07. The zero-order valence-electron chi connectivity index (χ0n) is 14.4. The summed E-state index contributed by atoms with van der Waals surface area (Å²) in [6.07, 6.45) is 4.11. The summed E-state index contributed by atoms with van der Waals surface area (Å²) < 4.78 is 19.5. The number of nitrogens with one attached hydrogen (secondary N) is 3. The lowest BCUT2D eigenvalue weighted by atomic mass is 10.1. The van der Waals surface area contributed by atoms with Crippen LogP contribution in [-0.4, -0.2) is 21.2 Å². The molecule has 0 fully saturated rings. The maximum atomic E-state index is 13.9. The van der Waals surface area contributed by atoms with Crippen molar-refractivity contribution in [2.45, 2.75) is 0 Å². The molecule has 2 aromatic carbocycles. The molecule has 0 saturated heterocycles. The van der Waals surface area contributed by atoms with Crippen LogP contribution in [0.4, 0.5) is 15.8 Å². The lowest BCUT2D eigenvalue weighted by Crippen LogP contribution is -2.09. The van der Waals surface area contributed by atoms with Gasteiger partial charge < -0.3 is 15.5 Å². The Bertz CT molecular complexity index is 1240. The number of H-pyrrole nitrogens is 1. The maximum Gasteiger partial charge on any atom is 0.302 e. The largest absolute Gasteiger partial charge is 0.426 e. The van der Waals surface area contributed by atoms with Crippen molar-refractivity contribution in [1.82, 2.24) is 15.0 Å². The molecule has 2 aromatic heterocycles. The lowest BCUT2D eigenvalue weighted by Gasteiger charge is -2.12. The molecule has 0 aliphatic carbocycles. The van der Waals surface area contributed by atoms with E-state index in [2.05, 4.69) is 20.3 Å². The molecule has 4 rings (SSSR count). The third-order valence-corrected chi connectivity index (χ3v) is 4.02. The highest BCUT2D eigenvalue weighted by molar-refractivity contribution is 5.88. The van der Waals surface area contributed by atoms with E-state index in [1.54, 1.807) is 42.5 Å². The van der Waals surface area contributed by atoms with Crippen LogP contribution >= 0.6 is 0 Å². The third kappa shape index (κ3) is 3.43. The van der Waals surface area contributed by atoms with Gasteiger partial charge in [0, 0.05) is 23.7 Å². The number of halogens is 1. The van der Waals surface area contributed by atoms with E-state index in [1.165, 1.54) is 18.5 Å². The minimum Gasteiger partial charge on any atom is -0.426 e. The fourth-order valence-corrected chi connectivity index (χ4v) is 2.67. The molecule has 2 heterocycles. The van der Waals surface area contributed by atoms with Gasteiger partial charge in [0.25, 0.3) is 5.56 Å². The van der Waals surface area contributed by atoms with Crippen molar-refractivity contribution in [3.05, 3.63) is 82.7 Å². The smallest absolute Gasteiger partial charge is 0.302 e. The molecule has 3 N–H and O–H groups in total. The van der Waals surface area contributed by atoms with Crippen molar-refractivity contribution in [2.24, 2.45) is 0 Å². The highest BCUT2D eigenvalue weighted by Crippen LogP contribution is 2.27. The van der Waals surface area contributed by atoms with Crippen LogP contribution in [-0.2, 0) is 0 Å². The van der Waals surface area contributed by atoms with E-state index in [0.717, 1.165) is 6.21 Å². The molecular formula is C20H14FN5O2. The summed E-state index contributed by atoms with van der Waals surface area (Å²) in [6.45, 7) is 0. The standard InChI is InChI=1S/C20H14FN5O2/c21-15-3-1-2-4-17(15)24-16-6-5-13(9-12(16)10-22)28-20-25-18-11-23-8-7-14(18)19(27)26-20/h1-11,22,24H,(H,25,26,27). The molecule has 0 amide bonds. The second-order valence-corrected chi connectivity index (χ2v) is 5.86. The molecular weight excluding hydrogens is 361 g/mol. The predicted molar refractivity (Wildman–Crippen MR) is 104 cm³/mol. The minimum absolute atomic E-state index is 0.0104. The molecule has 0 aliphatic rings. The van der Waals surface area contributed by atoms with Gasteiger partial charge in [-0.25, -0.2) is 4.39 Å². The highest BCUT2D eigenvalue weighted by Gasteiger charge is 2.09. The molecule has 4 aromatic rings. The van der Waals surface area contributed by atoms with Crippen molar-refractivity contribution in [1.29, 1.82) is 5.41 Å². The second kappa shape index (κ2) is 7.28. The molecule has 28 heavy (non-hydrogen) atoms. The highest BCUT2D eigenvalue weighted by atomic mass is 19.1. The lowest BCUT2D eigenvalue weighted by molar-refractivity contribution is 0.443. The predicted octanol–water partition coefficient (Wildman–Crippen LogP) is 3.99. The van der Waals surface area contributed by atoms with Gasteiger partial charge in [0.2, 0.25) is 0 Å². The Morgan fingerprint density at radius 3 is 2.82 bits per heavy atom. The van der Waals surface area contributed by atoms with Gasteiger partial charge in [-0.2, -0.15) is 4.98 Å². The number of pyridine rings is 1. The van der Waals surface area contributed by atoms with Crippen LogP contribution in [0.2, 0.25) is 0 Å². The van der Waals surface area contributed by atoms with Crippen molar-refractivity contribution < 1.29 is 9.13 Å². The van der Waals surface area contributed by atoms with Crippen LogP contribution in [0.3, 0.4) is 0 Å². The number of ether oxygens (including phenoxy) is 1. The molecule has 0 atom stereocenters. The van der Waals surface area contributed by atoms with Crippen molar-refractivity contribution in [3.63, 3.8) is 0 Å². The molecule has 0 unspecified atom stereocenters. The Labute approximate surface area is 158 Å². The number of para-hydroxylation sites is 1. The average Bonchev–Trinajstić information content (AvgIpc) is 2.71. The van der Waals surface area contributed by atoms with Crippen LogP contribution in [0.5, 0.6) is 11.8 Å². The first-order chi connectivity index (χ1) is 13.6. The van der Waals surface area contributed by atoms with Crippen molar-refractivity contribution >= 4 is 28.5 Å². The fourth-order valence-electron chi connectivity index (χ4n) is 2.67. The van der Waals surface area contributed by atoms with E-state index in [1.807, 2.05) is 0 Å². The molecule has 0 bridgehead atoms. The van der Waals surface area contributed by atoms with Gasteiger partial charge in [-0.05, 0) is 36.4 Å². The Kier molecular flexibility index (Phi) is 4.51. The Balaban J connectivity index is 1.64. The molecule has 0 spiro atoms. The Morgan fingerprint density at radius 1 is 1.14 bits per heavy atom. The summed E-state index contributed by atoms with van der Waals surface area (Å²) in [6, 6.07) is 12.7. The fraction of sp³-hybridized carbons (Fsp3) is 0. The van der Waals surface area contributed by atoms with E-state index in [0.29, 0.717) is 33.6 Å². The number of hydrogen-bond donors (Lipinski definition) is 3. The molecule has 0 radical (unpaired) electrons. The van der Waals surface area contributed by atoms with Gasteiger partial charge in [-0.1, -0.05) is 12.1 Å². The summed E-state index contributed by atoms with van der Waals surface area (Å²) in [4.78, 5) is 22.9. The third-order valence-electron chi connectivity index (χ3n) is 4.02. The van der Waals surface area contributed by atoms with Crippen LogP contribution in [0.15, 0.2) is 65.7 Å². The number of benzene rings is 2. The summed E-state index contributed by atoms with van der Waals surface area (Å²) >= 11 is 0. The van der Waals surface area contributed by atoms with E-state index in [-0.39, 0.29) is 11.6 Å². The van der Waals surface area contributed by atoms with Gasteiger partial charge in [0.15, 0.2) is 0 Å². The Morgan fingerprint density at radius 2 is 2.00 bits per heavy atom. The number of hydrogen-bond acceptors (Lipinski definition) is 6. The number of aromatic nitrogens is 3. The van der Waals surface area contributed by atoms with Crippen molar-refractivity contribution in [3.8, 4) is 11.8 Å². The zero-order valence-corrected chi connectivity index (χ0v) is 14.4. The summed E-state index contributed by atoms with van der Waals surface area (Å²) in [5.74, 6) is -0.0331. The molecule has 7 nitrogen and oxygen atoms in total. The quantitative estimate of drug-likeness (QED) is 0.458. The van der Waals surface area contributed by atoms with Gasteiger partial charge in [0.1, 0.15) is 11.6 Å². The number of nitrogens with zero attached hydrogens (tertiary/aromatic N) is 2. The number of aromatic amines is 1. The van der Waals surface area contributed by atoms with Crippen LogP contribution in [0.25, 0.3) is 10.9 Å². The number of anilines is 2. The van der Waals surface area contributed by atoms with E-state index >= 15 is 0 Å². The number of fused-ring (bicyclic) bond motifs is 1. The van der Waals surface area contributed by atoms with Gasteiger partial charge in [-0.15, -0.1) is 0 Å². The van der Waals surface area contributed by atoms with Crippen LogP contribution in [0.1, 0.15) is 5.56 Å². The van der Waals surface area contributed by atoms with Crippen molar-refractivity contribution in [2.75, 3.05) is 5.32 Å². The first-order valence-electron chi connectivity index (χ1n) is 8.32. The molecule has 0 saturated carbocycles. The molecule has 8 heteroatoms. The molecule has 138 valence electrons. The molecule has 0 aliphatic heterocycles. The first-order valence-corrected chi connectivity index (χ1v) is 8.32. The summed E-state index contributed by atoms with van der Waals surface area (Å²) in [7, 11) is 0. The van der Waals surface area contributed by atoms with Gasteiger partial charge in [0.05, 0.1) is 22.8 Å². The van der Waals surface area contributed by atoms with E-state index in [9.17, 15) is 9.18 Å². The first kappa shape index (κ1) is 17.3. The summed E-state index contributed by atoms with van der Waals surface area (Å²) in [5, 5.41) is 11.0. The van der Waals surface area contributed by atoms with Gasteiger partial charge in [-0.3, -0.25) is 14.8 Å². The minimum atomic E-state index is -0.398. The summed E-state index contributed by atoms with van der Waals surface area (Å²) in [5.41, 5.74) is 1.38. The van der Waals surface area contributed by atoms with Gasteiger partial charge >= 0.3 is 6.01 Å². The van der Waals surface area contributed by atoms with E-state index < -0.39 is 5.82 Å². The topological polar surface area (TPSA) is 104 Å². The van der Waals surface area contributed by atoms with E-state index in [4.69, 9.17) is 10.1 Å². The van der Waals surface area contributed by atoms with Crippen LogP contribution < -0.4 is 15.6 Å². The van der Waals surface area contributed by atoms with Crippen LogP contribution in [0, 0.1) is 11.2 Å². The SMILES string of the molecule is N=Cc1cc(Oc2nc3cnccc3c(=O)[nH]2)ccc1Nc1ccccc1F. The zero-order chi connectivity index (χ0) is 19.5. The monoisotopic (exact) mass is 375 g/mol. The second-order valence-electron chi connectivity index (χ2n) is 5.86. The average molecular weight is 375 g/mol.